The topological polar surface area (TPSA) is 54.3 Å². The molecular weight excluding hydrogens is 357 g/mol. The van der Waals surface area contributed by atoms with Crippen molar-refractivity contribution in [2.45, 2.75) is 32.1 Å². The van der Waals surface area contributed by atoms with E-state index in [1.165, 1.54) is 12.1 Å². The first kappa shape index (κ1) is 20.6. The maximum Gasteiger partial charge on any atom is 0.416 e. The fraction of sp³-hybridized carbons (Fsp3) is 0.350. The van der Waals surface area contributed by atoms with Crippen molar-refractivity contribution in [3.8, 4) is 17.6 Å². The first-order valence-corrected chi connectivity index (χ1v) is 8.47. The van der Waals surface area contributed by atoms with Gasteiger partial charge in [-0.05, 0) is 41.8 Å². The molecule has 0 bridgehead atoms. The van der Waals surface area contributed by atoms with Crippen molar-refractivity contribution in [3.05, 3.63) is 59.2 Å². The fourth-order valence-corrected chi connectivity index (χ4v) is 2.44. The zero-order chi connectivity index (χ0) is 19.7. The van der Waals surface area contributed by atoms with Gasteiger partial charge in [-0.15, -0.1) is 0 Å². The number of hydrogen-bond donors (Lipinski definition) is 1. The Bertz CT molecular complexity index is 768. The quantitative estimate of drug-likeness (QED) is 0.644. The fourth-order valence-electron chi connectivity index (χ4n) is 2.44. The van der Waals surface area contributed by atoms with Crippen molar-refractivity contribution in [2.24, 2.45) is 0 Å². The van der Waals surface area contributed by atoms with Gasteiger partial charge in [0.25, 0.3) is 0 Å². The third kappa shape index (κ3) is 6.50. The number of ether oxygens (including phenoxy) is 2. The van der Waals surface area contributed by atoms with E-state index in [1.807, 2.05) is 12.1 Å². The Kier molecular flexibility index (Phi) is 7.50. The van der Waals surface area contributed by atoms with Crippen LogP contribution in [0.25, 0.3) is 0 Å². The van der Waals surface area contributed by atoms with Gasteiger partial charge in [0.15, 0.2) is 11.5 Å². The molecule has 0 saturated heterocycles. The molecule has 7 heteroatoms. The molecule has 0 heterocycles. The Morgan fingerprint density at radius 2 is 1.67 bits per heavy atom. The number of benzene rings is 2. The van der Waals surface area contributed by atoms with Crippen LogP contribution < -0.4 is 14.8 Å². The molecule has 0 amide bonds. The van der Waals surface area contributed by atoms with Gasteiger partial charge in [0.1, 0.15) is 0 Å². The molecule has 0 aliphatic carbocycles. The minimum Gasteiger partial charge on any atom is -0.493 e. The molecule has 4 nitrogen and oxygen atoms in total. The molecule has 27 heavy (non-hydrogen) atoms. The maximum absolute atomic E-state index is 12.6. The van der Waals surface area contributed by atoms with Gasteiger partial charge in [0.2, 0.25) is 0 Å². The van der Waals surface area contributed by atoms with Crippen LogP contribution in [0.5, 0.6) is 11.5 Å². The summed E-state index contributed by atoms with van der Waals surface area (Å²) in [6.45, 7) is 1.40. The molecule has 2 aromatic carbocycles. The molecule has 0 saturated carbocycles. The van der Waals surface area contributed by atoms with Gasteiger partial charge in [0, 0.05) is 19.5 Å². The predicted molar refractivity (Wildman–Crippen MR) is 95.3 cm³/mol. The first-order chi connectivity index (χ1) is 12.9. The van der Waals surface area contributed by atoms with Crippen LogP contribution in [0.1, 0.15) is 29.5 Å². The molecule has 0 unspecified atom stereocenters. The van der Waals surface area contributed by atoms with E-state index in [0.717, 1.165) is 23.3 Å². The van der Waals surface area contributed by atoms with Gasteiger partial charge >= 0.3 is 6.18 Å². The number of nitrogens with one attached hydrogen (secondary N) is 1. The summed E-state index contributed by atoms with van der Waals surface area (Å²) in [6, 6.07) is 12.7. The summed E-state index contributed by atoms with van der Waals surface area (Å²) in [5.74, 6) is 1.21. The molecule has 0 atom stereocenters. The van der Waals surface area contributed by atoms with E-state index in [0.29, 0.717) is 44.0 Å². The van der Waals surface area contributed by atoms with E-state index >= 15 is 0 Å². The highest BCUT2D eigenvalue weighted by atomic mass is 19.4. The zero-order valence-corrected chi connectivity index (χ0v) is 15.0. The second-order valence-electron chi connectivity index (χ2n) is 5.89. The van der Waals surface area contributed by atoms with Crippen LogP contribution in [0.15, 0.2) is 42.5 Å². The van der Waals surface area contributed by atoms with Gasteiger partial charge in [-0.25, -0.2) is 0 Å². The number of methoxy groups -OCH3 is 1. The van der Waals surface area contributed by atoms with E-state index in [-0.39, 0.29) is 0 Å². The maximum atomic E-state index is 12.6. The summed E-state index contributed by atoms with van der Waals surface area (Å²) in [6.07, 6.45) is -3.26. The number of nitriles is 1. The summed E-state index contributed by atoms with van der Waals surface area (Å²) in [4.78, 5) is 0. The number of nitrogens with zero attached hydrogens (tertiary/aromatic N) is 1. The van der Waals surface area contributed by atoms with Gasteiger partial charge < -0.3 is 14.8 Å². The third-order valence-electron chi connectivity index (χ3n) is 3.86. The van der Waals surface area contributed by atoms with E-state index in [4.69, 9.17) is 14.7 Å². The van der Waals surface area contributed by atoms with E-state index in [9.17, 15) is 13.2 Å². The van der Waals surface area contributed by atoms with Crippen LogP contribution in [0.3, 0.4) is 0 Å². The first-order valence-electron chi connectivity index (χ1n) is 8.47. The molecule has 0 spiro atoms. The lowest BCUT2D eigenvalue weighted by molar-refractivity contribution is -0.137. The number of hydrogen-bond acceptors (Lipinski definition) is 4. The normalized spacial score (nSPS) is 11.1. The molecule has 144 valence electrons. The lowest BCUT2D eigenvalue weighted by Gasteiger charge is -2.13. The summed E-state index contributed by atoms with van der Waals surface area (Å²) < 4.78 is 48.6. The molecule has 2 aromatic rings. The van der Waals surface area contributed by atoms with Crippen LogP contribution >= 0.6 is 0 Å². The van der Waals surface area contributed by atoms with E-state index < -0.39 is 11.7 Å². The second-order valence-corrected chi connectivity index (χ2v) is 5.89. The van der Waals surface area contributed by atoms with Crippen molar-refractivity contribution in [1.29, 1.82) is 5.26 Å². The summed E-state index contributed by atoms with van der Waals surface area (Å²) in [5.41, 5.74) is 1.07. The molecular formula is C20H21F3N2O2. The summed E-state index contributed by atoms with van der Waals surface area (Å²) in [7, 11) is 1.56. The number of rotatable bonds is 9. The molecule has 0 radical (unpaired) electrons. The molecule has 0 fully saturated rings. The number of alkyl halides is 3. The highest BCUT2D eigenvalue weighted by Gasteiger charge is 2.29. The predicted octanol–water partition coefficient (Wildman–Crippen LogP) is 4.69. The van der Waals surface area contributed by atoms with Gasteiger partial charge in [-0.3, -0.25) is 0 Å². The molecule has 0 aliphatic rings. The van der Waals surface area contributed by atoms with Crippen LogP contribution in [-0.2, 0) is 19.3 Å². The van der Waals surface area contributed by atoms with Crippen molar-refractivity contribution in [3.63, 3.8) is 0 Å². The third-order valence-corrected chi connectivity index (χ3v) is 3.86. The number of unbranched alkanes of at least 4 members (excludes halogenated alkanes) is 1. The van der Waals surface area contributed by atoms with Crippen molar-refractivity contribution < 1.29 is 22.6 Å². The largest absolute Gasteiger partial charge is 0.493 e. The van der Waals surface area contributed by atoms with Gasteiger partial charge in [-0.1, -0.05) is 18.2 Å². The monoisotopic (exact) mass is 378 g/mol. The minimum atomic E-state index is -4.32. The lowest BCUT2D eigenvalue weighted by Crippen LogP contribution is -2.13. The average Bonchev–Trinajstić information content (AvgIpc) is 2.65. The minimum absolute atomic E-state index is 0.423. The Morgan fingerprint density at radius 1 is 1.00 bits per heavy atom. The Hall–Kier alpha value is -2.72. The molecule has 0 aliphatic heterocycles. The van der Waals surface area contributed by atoms with E-state index in [1.54, 1.807) is 13.2 Å². The molecule has 2 rings (SSSR count). The van der Waals surface area contributed by atoms with Crippen LogP contribution in [-0.4, -0.2) is 13.7 Å². The summed E-state index contributed by atoms with van der Waals surface area (Å²) >= 11 is 0. The lowest BCUT2D eigenvalue weighted by atomic mass is 10.1. The van der Waals surface area contributed by atoms with Crippen molar-refractivity contribution in [2.75, 3.05) is 13.7 Å². The van der Waals surface area contributed by atoms with Crippen molar-refractivity contribution in [1.82, 2.24) is 5.32 Å². The molecule has 1 N–H and O–H groups in total. The smallest absolute Gasteiger partial charge is 0.416 e. The van der Waals surface area contributed by atoms with Crippen LogP contribution in [0, 0.1) is 11.3 Å². The zero-order valence-electron chi connectivity index (χ0n) is 15.0. The number of halogens is 3. The molecule has 0 aromatic heterocycles. The average molecular weight is 378 g/mol. The van der Waals surface area contributed by atoms with E-state index in [2.05, 4.69) is 11.4 Å². The van der Waals surface area contributed by atoms with Gasteiger partial charge in [0.05, 0.1) is 25.3 Å². The van der Waals surface area contributed by atoms with Gasteiger partial charge in [-0.2, -0.15) is 18.4 Å². The highest BCUT2D eigenvalue weighted by Crippen LogP contribution is 2.29. The SMILES string of the molecule is COc1ccc(CNCc2ccc(C(F)(F)F)cc2)cc1OCCCC#N. The van der Waals surface area contributed by atoms with Crippen molar-refractivity contribution >= 4 is 0 Å². The Labute approximate surface area is 156 Å². The standard InChI is InChI=1S/C20H21F3N2O2/c1-26-18-9-6-16(12-19(18)27-11-3-2-10-24)14-25-13-15-4-7-17(8-5-15)20(21,22)23/h4-9,12,25H,2-3,11,13-14H2,1H3. The van der Waals surface area contributed by atoms with Crippen LogP contribution in [0.4, 0.5) is 13.2 Å². The summed E-state index contributed by atoms with van der Waals surface area (Å²) in [5, 5.41) is 11.8. The van der Waals surface area contributed by atoms with Crippen LogP contribution in [0.2, 0.25) is 0 Å². The second kappa shape index (κ2) is 9.83. The Morgan fingerprint density at radius 3 is 2.30 bits per heavy atom. The Balaban J connectivity index is 1.90. The highest BCUT2D eigenvalue weighted by molar-refractivity contribution is 5.43.